The van der Waals surface area contributed by atoms with Crippen LogP contribution < -0.4 is 5.32 Å². The van der Waals surface area contributed by atoms with Gasteiger partial charge in [-0.1, -0.05) is 0 Å². The summed E-state index contributed by atoms with van der Waals surface area (Å²) in [5.74, 6) is -0.873. The van der Waals surface area contributed by atoms with E-state index in [1.165, 1.54) is 19.1 Å². The first kappa shape index (κ1) is 12.5. The Morgan fingerprint density at radius 3 is 2.61 bits per heavy atom. The molecule has 0 bridgehead atoms. The lowest BCUT2D eigenvalue weighted by Gasteiger charge is -2.15. The van der Waals surface area contributed by atoms with Crippen molar-refractivity contribution < 1.29 is 8.78 Å². The molecular weight excluding hydrogens is 236 g/mol. The highest BCUT2D eigenvalue weighted by atomic mass is 19.1. The molecule has 1 aromatic heterocycles. The standard InChI is InChI=1S/C13H15F2N3/c1-8-4-12(15)13(5-11(8)14)17-9(2)10-6-16-18(3)7-10/h4-7,9,17H,1-3H3. The molecule has 96 valence electrons. The van der Waals surface area contributed by atoms with Gasteiger partial charge in [0.05, 0.1) is 17.9 Å². The number of nitrogens with one attached hydrogen (secondary N) is 1. The minimum Gasteiger partial charge on any atom is -0.376 e. The van der Waals surface area contributed by atoms with E-state index in [4.69, 9.17) is 0 Å². The Balaban J connectivity index is 2.21. The maximum atomic E-state index is 13.7. The molecule has 18 heavy (non-hydrogen) atoms. The first-order valence-electron chi connectivity index (χ1n) is 5.68. The predicted molar refractivity (Wildman–Crippen MR) is 66.3 cm³/mol. The zero-order valence-corrected chi connectivity index (χ0v) is 10.5. The fraction of sp³-hybridized carbons (Fsp3) is 0.308. The summed E-state index contributed by atoms with van der Waals surface area (Å²) in [5.41, 5.74) is 1.37. The van der Waals surface area contributed by atoms with Gasteiger partial charge in [-0.15, -0.1) is 0 Å². The van der Waals surface area contributed by atoms with Gasteiger partial charge >= 0.3 is 0 Å². The van der Waals surface area contributed by atoms with E-state index in [9.17, 15) is 8.78 Å². The van der Waals surface area contributed by atoms with E-state index in [1.54, 1.807) is 10.9 Å². The van der Waals surface area contributed by atoms with Gasteiger partial charge < -0.3 is 5.32 Å². The molecule has 2 aromatic rings. The lowest BCUT2D eigenvalue weighted by Crippen LogP contribution is -2.08. The van der Waals surface area contributed by atoms with Crippen LogP contribution in [0.15, 0.2) is 24.5 Å². The first-order valence-corrected chi connectivity index (χ1v) is 5.68. The molecular formula is C13H15F2N3. The van der Waals surface area contributed by atoms with Crippen molar-refractivity contribution in [1.29, 1.82) is 0 Å². The summed E-state index contributed by atoms with van der Waals surface area (Å²) in [7, 11) is 1.81. The quantitative estimate of drug-likeness (QED) is 0.908. The molecule has 0 saturated heterocycles. The number of aromatic nitrogens is 2. The Morgan fingerprint density at radius 1 is 1.28 bits per heavy atom. The average Bonchev–Trinajstić information content (AvgIpc) is 2.73. The minimum absolute atomic E-state index is 0.143. The maximum absolute atomic E-state index is 13.7. The second-order valence-electron chi connectivity index (χ2n) is 4.39. The Hall–Kier alpha value is -1.91. The van der Waals surface area contributed by atoms with Crippen LogP contribution in [-0.4, -0.2) is 9.78 Å². The smallest absolute Gasteiger partial charge is 0.146 e. The number of benzene rings is 1. The van der Waals surface area contributed by atoms with Crippen LogP contribution in [0.1, 0.15) is 24.1 Å². The SMILES string of the molecule is Cc1cc(F)c(NC(C)c2cnn(C)c2)cc1F. The van der Waals surface area contributed by atoms with Gasteiger partial charge in [0.1, 0.15) is 11.6 Å². The highest BCUT2D eigenvalue weighted by molar-refractivity contribution is 5.48. The van der Waals surface area contributed by atoms with Crippen molar-refractivity contribution in [3.63, 3.8) is 0 Å². The molecule has 3 nitrogen and oxygen atoms in total. The molecule has 0 amide bonds. The second kappa shape index (κ2) is 4.76. The third-order valence-electron chi connectivity index (χ3n) is 2.85. The number of hydrogen-bond acceptors (Lipinski definition) is 2. The predicted octanol–water partition coefficient (Wildman–Crippen LogP) is 3.18. The number of nitrogens with zero attached hydrogens (tertiary/aromatic N) is 2. The van der Waals surface area contributed by atoms with Crippen LogP contribution in [0.3, 0.4) is 0 Å². The molecule has 1 aromatic carbocycles. The van der Waals surface area contributed by atoms with Gasteiger partial charge in [-0.25, -0.2) is 8.78 Å². The van der Waals surface area contributed by atoms with Gasteiger partial charge in [0, 0.05) is 24.9 Å². The van der Waals surface area contributed by atoms with Gasteiger partial charge in [-0.05, 0) is 25.5 Å². The molecule has 0 aliphatic carbocycles. The minimum atomic E-state index is -0.454. The molecule has 0 fully saturated rings. The highest BCUT2D eigenvalue weighted by Crippen LogP contribution is 2.23. The lowest BCUT2D eigenvalue weighted by molar-refractivity contribution is 0.593. The Bertz CT molecular complexity index is 563. The molecule has 1 N–H and O–H groups in total. The molecule has 0 spiro atoms. The van der Waals surface area contributed by atoms with E-state index in [0.29, 0.717) is 5.56 Å². The van der Waals surface area contributed by atoms with Crippen LogP contribution in [0.5, 0.6) is 0 Å². The number of anilines is 1. The zero-order valence-electron chi connectivity index (χ0n) is 10.5. The number of hydrogen-bond donors (Lipinski definition) is 1. The number of aryl methyl sites for hydroxylation is 2. The largest absolute Gasteiger partial charge is 0.376 e. The van der Waals surface area contributed by atoms with Gasteiger partial charge in [-0.3, -0.25) is 4.68 Å². The maximum Gasteiger partial charge on any atom is 0.146 e. The van der Waals surface area contributed by atoms with Crippen LogP contribution >= 0.6 is 0 Å². The van der Waals surface area contributed by atoms with E-state index in [1.807, 2.05) is 20.2 Å². The van der Waals surface area contributed by atoms with Crippen molar-refractivity contribution in [3.05, 3.63) is 47.3 Å². The summed E-state index contributed by atoms with van der Waals surface area (Å²) in [6, 6.07) is 2.22. The Morgan fingerprint density at radius 2 is 2.00 bits per heavy atom. The summed E-state index contributed by atoms with van der Waals surface area (Å²) in [4.78, 5) is 0. The Labute approximate surface area is 104 Å². The van der Waals surface area contributed by atoms with Crippen molar-refractivity contribution in [3.8, 4) is 0 Å². The summed E-state index contributed by atoms with van der Waals surface area (Å²) in [5, 5.41) is 6.98. The van der Waals surface area contributed by atoms with E-state index >= 15 is 0 Å². The zero-order chi connectivity index (χ0) is 13.3. The van der Waals surface area contributed by atoms with E-state index < -0.39 is 11.6 Å². The molecule has 0 radical (unpaired) electrons. The monoisotopic (exact) mass is 251 g/mol. The van der Waals surface area contributed by atoms with Crippen LogP contribution in [0, 0.1) is 18.6 Å². The third kappa shape index (κ3) is 2.50. The Kier molecular flexibility index (Phi) is 3.32. The molecule has 1 unspecified atom stereocenters. The van der Waals surface area contributed by atoms with Crippen molar-refractivity contribution >= 4 is 5.69 Å². The molecule has 1 heterocycles. The molecule has 0 saturated carbocycles. The summed E-state index contributed by atoms with van der Waals surface area (Å²) < 4.78 is 28.7. The molecule has 5 heteroatoms. The van der Waals surface area contributed by atoms with Crippen molar-refractivity contribution in [2.24, 2.45) is 7.05 Å². The van der Waals surface area contributed by atoms with Crippen LogP contribution in [-0.2, 0) is 7.05 Å². The molecule has 1 atom stereocenters. The average molecular weight is 251 g/mol. The van der Waals surface area contributed by atoms with Crippen molar-refractivity contribution in [1.82, 2.24) is 9.78 Å². The highest BCUT2D eigenvalue weighted by Gasteiger charge is 2.12. The summed E-state index contributed by atoms with van der Waals surface area (Å²) in [6.45, 7) is 3.40. The third-order valence-corrected chi connectivity index (χ3v) is 2.85. The summed E-state index contributed by atoms with van der Waals surface area (Å²) in [6.07, 6.45) is 3.53. The van der Waals surface area contributed by atoms with Crippen molar-refractivity contribution in [2.45, 2.75) is 19.9 Å². The second-order valence-corrected chi connectivity index (χ2v) is 4.39. The van der Waals surface area contributed by atoms with Crippen LogP contribution in [0.2, 0.25) is 0 Å². The van der Waals surface area contributed by atoms with Crippen LogP contribution in [0.4, 0.5) is 14.5 Å². The fourth-order valence-corrected chi connectivity index (χ4v) is 1.74. The van der Waals surface area contributed by atoms with Gasteiger partial charge in [-0.2, -0.15) is 5.10 Å². The van der Waals surface area contributed by atoms with E-state index in [0.717, 1.165) is 5.56 Å². The van der Waals surface area contributed by atoms with Gasteiger partial charge in [0.15, 0.2) is 0 Å². The topological polar surface area (TPSA) is 29.9 Å². The van der Waals surface area contributed by atoms with Crippen molar-refractivity contribution in [2.75, 3.05) is 5.32 Å². The molecule has 0 aliphatic heterocycles. The molecule has 0 aliphatic rings. The van der Waals surface area contributed by atoms with E-state index in [2.05, 4.69) is 10.4 Å². The lowest BCUT2D eigenvalue weighted by atomic mass is 10.1. The normalized spacial score (nSPS) is 12.5. The van der Waals surface area contributed by atoms with Gasteiger partial charge in [0.25, 0.3) is 0 Å². The van der Waals surface area contributed by atoms with E-state index in [-0.39, 0.29) is 11.7 Å². The summed E-state index contributed by atoms with van der Waals surface area (Å²) >= 11 is 0. The number of rotatable bonds is 3. The van der Waals surface area contributed by atoms with Gasteiger partial charge in [0.2, 0.25) is 0 Å². The fourth-order valence-electron chi connectivity index (χ4n) is 1.74. The first-order chi connectivity index (χ1) is 8.47. The van der Waals surface area contributed by atoms with Crippen LogP contribution in [0.25, 0.3) is 0 Å². The molecule has 2 rings (SSSR count). The number of halogens is 2.